The van der Waals surface area contributed by atoms with E-state index < -0.39 is 0 Å². The molecule has 0 spiro atoms. The molecule has 0 aliphatic heterocycles. The van der Waals surface area contributed by atoms with Crippen LogP contribution < -0.4 is 0 Å². The van der Waals surface area contributed by atoms with E-state index >= 15 is 0 Å². The van der Waals surface area contributed by atoms with Crippen LogP contribution in [0.4, 0.5) is 0 Å². The summed E-state index contributed by atoms with van der Waals surface area (Å²) in [5.74, 6) is 0.596. The Labute approximate surface area is 62.8 Å². The van der Waals surface area contributed by atoms with Crippen LogP contribution in [0.15, 0.2) is 0 Å². The predicted octanol–water partition coefficient (Wildman–Crippen LogP) is 0.709. The van der Waals surface area contributed by atoms with Crippen LogP contribution in [0.2, 0.25) is 0 Å². The maximum absolute atomic E-state index is 8.74. The van der Waals surface area contributed by atoms with Crippen LogP contribution in [0.25, 0.3) is 0 Å². The zero-order chi connectivity index (χ0) is 7.56. The van der Waals surface area contributed by atoms with Crippen molar-refractivity contribution in [3.8, 4) is 0 Å². The van der Waals surface area contributed by atoms with Gasteiger partial charge in [0.25, 0.3) is 0 Å². The maximum atomic E-state index is 8.74. The molecule has 0 radical (unpaired) electrons. The summed E-state index contributed by atoms with van der Waals surface area (Å²) >= 11 is 0. The Morgan fingerprint density at radius 1 is 1.50 bits per heavy atom. The Hall–Kier alpha value is -0.0800. The van der Waals surface area contributed by atoms with Gasteiger partial charge in [0.2, 0.25) is 0 Å². The monoisotopic (exact) mass is 143 g/mol. The summed E-state index contributed by atoms with van der Waals surface area (Å²) < 4.78 is 0. The van der Waals surface area contributed by atoms with Crippen LogP contribution in [0.3, 0.4) is 0 Å². The molecule has 0 bridgehead atoms. The summed E-state index contributed by atoms with van der Waals surface area (Å²) in [6.07, 6.45) is 2.39. The third kappa shape index (κ3) is 1.50. The third-order valence-corrected chi connectivity index (χ3v) is 2.59. The van der Waals surface area contributed by atoms with Gasteiger partial charge in [0.05, 0.1) is 0 Å². The van der Waals surface area contributed by atoms with Gasteiger partial charge in [-0.3, -0.25) is 0 Å². The molecule has 0 heterocycles. The van der Waals surface area contributed by atoms with E-state index in [1.165, 1.54) is 12.8 Å². The van der Waals surface area contributed by atoms with Gasteiger partial charge in [-0.1, -0.05) is 6.92 Å². The topological polar surface area (TPSA) is 23.5 Å². The van der Waals surface area contributed by atoms with E-state index in [0.29, 0.717) is 12.5 Å². The maximum Gasteiger partial charge on any atom is 0.0460 e. The molecule has 1 aliphatic carbocycles. The summed E-state index contributed by atoms with van der Waals surface area (Å²) in [6, 6.07) is 0.752. The van der Waals surface area contributed by atoms with E-state index in [0.717, 1.165) is 12.6 Å². The fraction of sp³-hybridized carbons (Fsp3) is 1.00. The predicted molar refractivity (Wildman–Crippen MR) is 41.9 cm³/mol. The van der Waals surface area contributed by atoms with Crippen molar-refractivity contribution in [2.75, 3.05) is 20.2 Å². The highest BCUT2D eigenvalue weighted by Gasteiger charge is 2.30. The first-order valence-corrected chi connectivity index (χ1v) is 4.09. The minimum atomic E-state index is 0.383. The van der Waals surface area contributed by atoms with Gasteiger partial charge in [-0.05, 0) is 32.4 Å². The van der Waals surface area contributed by atoms with E-state index in [-0.39, 0.29) is 0 Å². The number of rotatable bonds is 3. The molecule has 0 aromatic rings. The van der Waals surface area contributed by atoms with Crippen LogP contribution >= 0.6 is 0 Å². The van der Waals surface area contributed by atoms with Gasteiger partial charge in [0.1, 0.15) is 0 Å². The molecule has 10 heavy (non-hydrogen) atoms. The lowest BCUT2D eigenvalue weighted by molar-refractivity contribution is 0.0636. The molecule has 2 heteroatoms. The first-order chi connectivity index (χ1) is 4.77. The van der Waals surface area contributed by atoms with Gasteiger partial charge >= 0.3 is 0 Å². The molecule has 0 atom stereocenters. The lowest BCUT2D eigenvalue weighted by Gasteiger charge is -2.40. The highest BCUT2D eigenvalue weighted by atomic mass is 16.3. The SMILES string of the molecule is CCN(C)C1CC(CO)C1. The largest absolute Gasteiger partial charge is 0.396 e. The van der Waals surface area contributed by atoms with Crippen molar-refractivity contribution in [3.63, 3.8) is 0 Å². The molecule has 1 saturated carbocycles. The molecule has 0 aromatic carbocycles. The Kier molecular flexibility index (Phi) is 2.69. The highest BCUT2D eigenvalue weighted by molar-refractivity contribution is 4.84. The molecule has 2 nitrogen and oxygen atoms in total. The summed E-state index contributed by atoms with van der Waals surface area (Å²) in [7, 11) is 2.15. The van der Waals surface area contributed by atoms with Gasteiger partial charge in [-0.25, -0.2) is 0 Å². The van der Waals surface area contributed by atoms with Gasteiger partial charge in [-0.2, -0.15) is 0 Å². The fourth-order valence-corrected chi connectivity index (χ4v) is 1.47. The summed E-state index contributed by atoms with van der Waals surface area (Å²) in [6.45, 7) is 3.68. The molecule has 1 aliphatic rings. The summed E-state index contributed by atoms with van der Waals surface area (Å²) in [4.78, 5) is 2.35. The molecule has 0 aromatic heterocycles. The average Bonchev–Trinajstić information content (AvgIpc) is 1.85. The van der Waals surface area contributed by atoms with Crippen molar-refractivity contribution in [1.82, 2.24) is 4.90 Å². The number of hydrogen-bond acceptors (Lipinski definition) is 2. The molecule has 1 fully saturated rings. The van der Waals surface area contributed by atoms with Crippen molar-refractivity contribution < 1.29 is 5.11 Å². The van der Waals surface area contributed by atoms with Crippen molar-refractivity contribution in [2.45, 2.75) is 25.8 Å². The van der Waals surface area contributed by atoms with Crippen LogP contribution in [-0.4, -0.2) is 36.2 Å². The van der Waals surface area contributed by atoms with Crippen LogP contribution in [0, 0.1) is 5.92 Å². The second-order valence-corrected chi connectivity index (χ2v) is 3.25. The zero-order valence-electron chi connectivity index (χ0n) is 6.88. The van der Waals surface area contributed by atoms with E-state index in [2.05, 4.69) is 18.9 Å². The van der Waals surface area contributed by atoms with Crippen LogP contribution in [-0.2, 0) is 0 Å². The minimum Gasteiger partial charge on any atom is -0.396 e. The quantitative estimate of drug-likeness (QED) is 0.629. The lowest BCUT2D eigenvalue weighted by Crippen LogP contribution is -2.43. The molecule has 1 N–H and O–H groups in total. The van der Waals surface area contributed by atoms with E-state index in [9.17, 15) is 0 Å². The molecule has 0 saturated heterocycles. The number of nitrogens with zero attached hydrogens (tertiary/aromatic N) is 1. The first kappa shape index (κ1) is 8.02. The van der Waals surface area contributed by atoms with E-state index in [1.807, 2.05) is 0 Å². The van der Waals surface area contributed by atoms with Gasteiger partial charge < -0.3 is 10.0 Å². The Morgan fingerprint density at radius 2 is 2.10 bits per heavy atom. The zero-order valence-corrected chi connectivity index (χ0v) is 6.88. The highest BCUT2D eigenvalue weighted by Crippen LogP contribution is 2.29. The standard InChI is InChI=1S/C8H17NO/c1-3-9(2)8-4-7(5-8)6-10/h7-8,10H,3-6H2,1-2H3. The van der Waals surface area contributed by atoms with Crippen molar-refractivity contribution >= 4 is 0 Å². The Balaban J connectivity index is 2.13. The second kappa shape index (κ2) is 3.35. The summed E-state index contributed by atoms with van der Waals surface area (Å²) in [5.41, 5.74) is 0. The first-order valence-electron chi connectivity index (χ1n) is 4.09. The normalized spacial score (nSPS) is 32.4. The van der Waals surface area contributed by atoms with Crippen LogP contribution in [0.1, 0.15) is 19.8 Å². The molecule has 60 valence electrons. The summed E-state index contributed by atoms with van der Waals surface area (Å²) in [5, 5.41) is 8.74. The van der Waals surface area contributed by atoms with Crippen molar-refractivity contribution in [2.24, 2.45) is 5.92 Å². The van der Waals surface area contributed by atoms with Gasteiger partial charge in [0, 0.05) is 12.6 Å². The molecular formula is C8H17NO. The number of aliphatic hydroxyl groups is 1. The second-order valence-electron chi connectivity index (χ2n) is 3.25. The number of hydrogen-bond donors (Lipinski definition) is 1. The average molecular weight is 143 g/mol. The molecule has 0 amide bonds. The van der Waals surface area contributed by atoms with Crippen molar-refractivity contribution in [1.29, 1.82) is 0 Å². The molecule has 1 rings (SSSR count). The Bertz CT molecular complexity index is 99.4. The van der Waals surface area contributed by atoms with E-state index in [4.69, 9.17) is 5.11 Å². The van der Waals surface area contributed by atoms with E-state index in [1.54, 1.807) is 0 Å². The van der Waals surface area contributed by atoms with Crippen molar-refractivity contribution in [3.05, 3.63) is 0 Å². The lowest BCUT2D eigenvalue weighted by atomic mass is 9.80. The smallest absolute Gasteiger partial charge is 0.0460 e. The minimum absolute atomic E-state index is 0.383. The molecule has 0 unspecified atom stereocenters. The molecular weight excluding hydrogens is 126 g/mol. The van der Waals surface area contributed by atoms with Gasteiger partial charge in [-0.15, -0.1) is 0 Å². The third-order valence-electron chi connectivity index (χ3n) is 2.59. The van der Waals surface area contributed by atoms with Gasteiger partial charge in [0.15, 0.2) is 0 Å². The Morgan fingerprint density at radius 3 is 2.50 bits per heavy atom. The fourth-order valence-electron chi connectivity index (χ4n) is 1.47. The van der Waals surface area contributed by atoms with Crippen LogP contribution in [0.5, 0.6) is 0 Å². The number of aliphatic hydroxyl groups excluding tert-OH is 1.